The summed E-state index contributed by atoms with van der Waals surface area (Å²) in [6, 6.07) is 11.1. The van der Waals surface area contributed by atoms with Crippen LogP contribution in [-0.4, -0.2) is 65.5 Å². The fraction of sp³-hybridized carbons (Fsp3) is 0.500. The molecule has 2 N–H and O–H groups in total. The molecule has 1 heterocycles. The first-order valence-electron chi connectivity index (χ1n) is 9.46. The van der Waals surface area contributed by atoms with E-state index in [4.69, 9.17) is 0 Å². The number of aliphatic imine (C=N–C) groups is 1. The Morgan fingerprint density at radius 3 is 2.67 bits per heavy atom. The van der Waals surface area contributed by atoms with Gasteiger partial charge in [0.05, 0.1) is 18.4 Å². The summed E-state index contributed by atoms with van der Waals surface area (Å²) >= 11 is 0. The molecule has 6 nitrogen and oxygen atoms in total. The van der Waals surface area contributed by atoms with E-state index in [1.165, 1.54) is 12.8 Å². The van der Waals surface area contributed by atoms with Crippen LogP contribution in [0.1, 0.15) is 25.6 Å². The Morgan fingerprint density at radius 1 is 1.30 bits per heavy atom. The highest BCUT2D eigenvalue weighted by atomic mass is 127. The normalized spacial score (nSPS) is 14.1. The van der Waals surface area contributed by atoms with Gasteiger partial charge in [-0.1, -0.05) is 37.3 Å². The molecule has 3 rings (SSSR count). The minimum Gasteiger partial charge on any atom is -0.355 e. The number of halogens is 1. The van der Waals surface area contributed by atoms with Gasteiger partial charge in [0.1, 0.15) is 5.82 Å². The number of imidazole rings is 1. The molecule has 1 saturated carbocycles. The molecule has 1 fully saturated rings. The zero-order chi connectivity index (χ0) is 18.4. The van der Waals surface area contributed by atoms with Crippen LogP contribution in [-0.2, 0) is 6.54 Å². The Balaban J connectivity index is 0.00000261. The van der Waals surface area contributed by atoms with Crippen LogP contribution >= 0.6 is 24.0 Å². The van der Waals surface area contributed by atoms with Gasteiger partial charge >= 0.3 is 0 Å². The van der Waals surface area contributed by atoms with Gasteiger partial charge in [0.2, 0.25) is 0 Å². The second kappa shape index (κ2) is 10.7. The zero-order valence-corrected chi connectivity index (χ0v) is 18.8. The second-order valence-electron chi connectivity index (χ2n) is 6.80. The maximum absolute atomic E-state index is 4.51. The summed E-state index contributed by atoms with van der Waals surface area (Å²) in [6.45, 7) is 6.02. The van der Waals surface area contributed by atoms with Crippen molar-refractivity contribution >= 4 is 29.9 Å². The summed E-state index contributed by atoms with van der Waals surface area (Å²) in [5, 5.41) is 3.47. The van der Waals surface area contributed by atoms with Gasteiger partial charge in [-0.25, -0.2) is 4.98 Å². The average Bonchev–Trinajstić information content (AvgIpc) is 3.41. The molecule has 0 saturated heterocycles. The molecule has 0 atom stereocenters. The molecule has 0 spiro atoms. The quantitative estimate of drug-likeness (QED) is 0.345. The van der Waals surface area contributed by atoms with E-state index in [1.54, 1.807) is 0 Å². The monoisotopic (exact) mass is 482 g/mol. The van der Waals surface area contributed by atoms with Crippen LogP contribution in [0.5, 0.6) is 0 Å². The van der Waals surface area contributed by atoms with E-state index in [-0.39, 0.29) is 24.0 Å². The molecule has 7 heteroatoms. The van der Waals surface area contributed by atoms with Crippen molar-refractivity contribution in [3.8, 4) is 11.3 Å². The predicted octanol–water partition coefficient (Wildman–Crippen LogP) is 3.19. The Morgan fingerprint density at radius 2 is 2.04 bits per heavy atom. The third-order valence-electron chi connectivity index (χ3n) is 4.83. The number of guanidine groups is 1. The van der Waals surface area contributed by atoms with E-state index in [9.17, 15) is 0 Å². The maximum atomic E-state index is 4.51. The Bertz CT molecular complexity index is 710. The fourth-order valence-electron chi connectivity index (χ4n) is 3.24. The molecule has 2 aromatic rings. The third-order valence-corrected chi connectivity index (χ3v) is 4.83. The first-order chi connectivity index (χ1) is 12.7. The van der Waals surface area contributed by atoms with Gasteiger partial charge in [-0.2, -0.15) is 0 Å². The SMILES string of the molecule is CCN(CCNC(=NC)N(C)Cc1ncc(-c2ccccc2)[nH]1)C1CC1.I. The minimum atomic E-state index is 0. The Labute approximate surface area is 179 Å². The molecule has 0 amide bonds. The summed E-state index contributed by atoms with van der Waals surface area (Å²) < 4.78 is 0. The number of H-pyrrole nitrogens is 1. The molecule has 0 bridgehead atoms. The summed E-state index contributed by atoms with van der Waals surface area (Å²) in [7, 11) is 3.87. The number of aromatic amines is 1. The number of hydrogen-bond acceptors (Lipinski definition) is 3. The van der Waals surface area contributed by atoms with Gasteiger partial charge in [0, 0.05) is 33.2 Å². The van der Waals surface area contributed by atoms with Crippen molar-refractivity contribution in [3.63, 3.8) is 0 Å². The summed E-state index contributed by atoms with van der Waals surface area (Å²) in [5.41, 5.74) is 2.19. The first-order valence-corrected chi connectivity index (χ1v) is 9.46. The van der Waals surface area contributed by atoms with E-state index in [0.717, 1.165) is 48.7 Å². The fourth-order valence-corrected chi connectivity index (χ4v) is 3.24. The van der Waals surface area contributed by atoms with Gasteiger partial charge < -0.3 is 15.2 Å². The van der Waals surface area contributed by atoms with Gasteiger partial charge in [-0.3, -0.25) is 9.89 Å². The molecule has 1 aliphatic carbocycles. The van der Waals surface area contributed by atoms with Crippen LogP contribution < -0.4 is 5.32 Å². The van der Waals surface area contributed by atoms with Crippen molar-refractivity contribution in [2.75, 3.05) is 33.7 Å². The number of hydrogen-bond donors (Lipinski definition) is 2. The van der Waals surface area contributed by atoms with Crippen LogP contribution in [0, 0.1) is 0 Å². The van der Waals surface area contributed by atoms with Crippen molar-refractivity contribution in [1.29, 1.82) is 0 Å². The summed E-state index contributed by atoms with van der Waals surface area (Å²) in [5.74, 6) is 1.83. The average molecular weight is 482 g/mol. The molecular formula is C20H31IN6. The van der Waals surface area contributed by atoms with Gasteiger partial charge in [0.25, 0.3) is 0 Å². The molecule has 0 unspecified atom stereocenters. The van der Waals surface area contributed by atoms with Gasteiger partial charge in [0.15, 0.2) is 5.96 Å². The summed E-state index contributed by atoms with van der Waals surface area (Å²) in [6.07, 6.45) is 4.60. The van der Waals surface area contributed by atoms with E-state index in [2.05, 4.69) is 49.1 Å². The number of likely N-dealkylation sites (N-methyl/N-ethyl adjacent to an activating group) is 1. The topological polar surface area (TPSA) is 59.5 Å². The lowest BCUT2D eigenvalue weighted by Crippen LogP contribution is -2.42. The van der Waals surface area contributed by atoms with Crippen LogP contribution in [0.3, 0.4) is 0 Å². The van der Waals surface area contributed by atoms with Crippen molar-refractivity contribution in [3.05, 3.63) is 42.4 Å². The van der Waals surface area contributed by atoms with E-state index >= 15 is 0 Å². The van der Waals surface area contributed by atoms with Crippen molar-refractivity contribution < 1.29 is 0 Å². The molecule has 27 heavy (non-hydrogen) atoms. The highest BCUT2D eigenvalue weighted by Gasteiger charge is 2.27. The molecule has 148 valence electrons. The lowest BCUT2D eigenvalue weighted by atomic mass is 10.2. The summed E-state index contributed by atoms with van der Waals surface area (Å²) in [4.78, 5) is 17.0. The zero-order valence-electron chi connectivity index (χ0n) is 16.5. The lowest BCUT2D eigenvalue weighted by molar-refractivity contribution is 0.280. The smallest absolute Gasteiger partial charge is 0.193 e. The van der Waals surface area contributed by atoms with Crippen molar-refractivity contribution in [2.24, 2.45) is 4.99 Å². The second-order valence-corrected chi connectivity index (χ2v) is 6.80. The maximum Gasteiger partial charge on any atom is 0.193 e. The first kappa shape index (κ1) is 21.7. The number of benzene rings is 1. The standard InChI is InChI=1S/C20H30N6.HI/c1-4-26(17-10-11-17)13-12-22-20(21-2)25(3)15-19-23-14-18(24-19)16-8-6-5-7-9-16;/h5-9,14,17H,4,10-13,15H2,1-3H3,(H,21,22)(H,23,24);1H. The molecule has 1 aromatic carbocycles. The molecule has 1 aliphatic rings. The number of nitrogens with one attached hydrogen (secondary N) is 2. The highest BCUT2D eigenvalue weighted by molar-refractivity contribution is 14.0. The van der Waals surface area contributed by atoms with Crippen LogP contribution in [0.2, 0.25) is 0 Å². The van der Waals surface area contributed by atoms with E-state index in [0.29, 0.717) is 6.54 Å². The largest absolute Gasteiger partial charge is 0.355 e. The molecule has 1 aromatic heterocycles. The van der Waals surface area contributed by atoms with Gasteiger partial charge in [-0.05, 0) is 24.9 Å². The van der Waals surface area contributed by atoms with Gasteiger partial charge in [-0.15, -0.1) is 24.0 Å². The van der Waals surface area contributed by atoms with Crippen molar-refractivity contribution in [2.45, 2.75) is 32.4 Å². The molecule has 0 radical (unpaired) electrons. The minimum absolute atomic E-state index is 0. The number of rotatable bonds is 8. The molecule has 0 aliphatic heterocycles. The molecular weight excluding hydrogens is 451 g/mol. The number of nitrogens with zero attached hydrogens (tertiary/aromatic N) is 4. The number of aromatic nitrogens is 2. The van der Waals surface area contributed by atoms with Crippen LogP contribution in [0.15, 0.2) is 41.5 Å². The Hall–Kier alpha value is -1.61. The van der Waals surface area contributed by atoms with Crippen LogP contribution in [0.25, 0.3) is 11.3 Å². The van der Waals surface area contributed by atoms with Crippen molar-refractivity contribution in [1.82, 2.24) is 25.1 Å². The lowest BCUT2D eigenvalue weighted by Gasteiger charge is -2.24. The van der Waals surface area contributed by atoms with Crippen LogP contribution in [0.4, 0.5) is 0 Å². The van der Waals surface area contributed by atoms with E-state index < -0.39 is 0 Å². The van der Waals surface area contributed by atoms with E-state index in [1.807, 2.05) is 38.5 Å². The predicted molar refractivity (Wildman–Crippen MR) is 123 cm³/mol. The Kier molecular flexibility index (Phi) is 8.56. The third kappa shape index (κ3) is 6.21. The highest BCUT2D eigenvalue weighted by Crippen LogP contribution is 2.25.